The fourth-order valence-corrected chi connectivity index (χ4v) is 3.97. The van der Waals surface area contributed by atoms with Crippen molar-refractivity contribution in [3.63, 3.8) is 0 Å². The maximum atomic E-state index is 13.1. The fraction of sp³-hybridized carbons (Fsp3) is 0.273. The first-order chi connectivity index (χ1) is 17.9. The second-order valence-electron chi connectivity index (χ2n) is 8.14. The molecule has 16 heteroatoms. The lowest BCUT2D eigenvalue weighted by Gasteiger charge is -2.40. The van der Waals surface area contributed by atoms with Gasteiger partial charge in [-0.3, -0.25) is 0 Å². The minimum atomic E-state index is -1.77. The molecule has 4 atom stereocenters. The first-order valence-corrected chi connectivity index (χ1v) is 11.8. The number of aliphatic imine (C=N–C) groups is 2. The van der Waals surface area contributed by atoms with Gasteiger partial charge in [0.1, 0.15) is 48.1 Å². The predicted octanol–water partition coefficient (Wildman–Crippen LogP) is -0.938. The van der Waals surface area contributed by atoms with Gasteiger partial charge in [0.05, 0.1) is 0 Å². The lowest BCUT2D eigenvalue weighted by atomic mass is 9.82. The largest absolute Gasteiger partial charge is 0.388 e. The summed E-state index contributed by atoms with van der Waals surface area (Å²) < 4.78 is 26.1. The lowest BCUT2D eigenvalue weighted by molar-refractivity contribution is -0.136. The van der Waals surface area contributed by atoms with Crippen LogP contribution in [0, 0.1) is 11.6 Å². The number of benzene rings is 2. The number of aliphatic hydroxyl groups is 4. The predicted molar refractivity (Wildman–Crippen MR) is 146 cm³/mol. The van der Waals surface area contributed by atoms with Gasteiger partial charge < -0.3 is 53.2 Å². The molecule has 0 bridgehead atoms. The van der Waals surface area contributed by atoms with E-state index >= 15 is 0 Å². The van der Waals surface area contributed by atoms with Gasteiger partial charge in [0.15, 0.2) is 22.1 Å². The van der Waals surface area contributed by atoms with Gasteiger partial charge in [0, 0.05) is 11.4 Å². The van der Waals surface area contributed by atoms with E-state index in [0.29, 0.717) is 11.4 Å². The number of anilines is 2. The Bertz CT molecular complexity index is 1110. The van der Waals surface area contributed by atoms with Gasteiger partial charge in [-0.25, -0.2) is 18.8 Å². The quantitative estimate of drug-likeness (QED) is 0.123. The van der Waals surface area contributed by atoms with Crippen LogP contribution in [-0.2, 0) is 0 Å². The van der Waals surface area contributed by atoms with Crippen molar-refractivity contribution in [1.29, 1.82) is 0 Å². The fourth-order valence-electron chi connectivity index (χ4n) is 3.53. The van der Waals surface area contributed by atoms with Crippen molar-refractivity contribution >= 4 is 58.0 Å². The van der Waals surface area contributed by atoms with E-state index < -0.39 is 48.1 Å². The summed E-state index contributed by atoms with van der Waals surface area (Å²) in [7, 11) is 0. The average molecular weight is 569 g/mol. The molecule has 0 amide bonds. The molecule has 2 aromatic carbocycles. The van der Waals surface area contributed by atoms with E-state index in [9.17, 15) is 29.2 Å². The third kappa shape index (κ3) is 7.73. The number of rotatable bonds is 4. The van der Waals surface area contributed by atoms with E-state index in [1.807, 2.05) is 0 Å². The molecular formula is C22H26F2N8O4S2. The Labute approximate surface area is 226 Å². The second-order valence-corrected chi connectivity index (χ2v) is 8.96. The third-order valence-electron chi connectivity index (χ3n) is 5.36. The molecule has 1 aliphatic carbocycles. The van der Waals surface area contributed by atoms with Gasteiger partial charge in [0.25, 0.3) is 0 Å². The molecule has 3 rings (SSSR count). The maximum Gasteiger partial charge on any atom is 0.195 e. The van der Waals surface area contributed by atoms with Crippen molar-refractivity contribution in [2.45, 2.75) is 36.5 Å². The number of nitrogens with one attached hydrogen (secondary N) is 4. The number of nitrogens with zero attached hydrogens (tertiary/aromatic N) is 2. The van der Waals surface area contributed by atoms with E-state index in [4.69, 9.17) is 35.9 Å². The molecule has 12 N–H and O–H groups in total. The topological polar surface area (TPSA) is 206 Å². The summed E-state index contributed by atoms with van der Waals surface area (Å²) in [5.74, 6) is -1.55. The molecule has 0 spiro atoms. The SMILES string of the molecule is NC(=NC1C(O)C(O)C(O)C(N=C(N)NC(=S)Nc2ccc(F)cc2)C1O)NC(=S)Nc1ccc(F)cc1. The molecule has 4 unspecified atom stereocenters. The molecule has 2 aromatic rings. The van der Waals surface area contributed by atoms with E-state index in [0.717, 1.165) is 0 Å². The van der Waals surface area contributed by atoms with Crippen LogP contribution in [0.1, 0.15) is 0 Å². The van der Waals surface area contributed by atoms with Crippen LogP contribution in [0.2, 0.25) is 0 Å². The van der Waals surface area contributed by atoms with Crippen LogP contribution in [0.5, 0.6) is 0 Å². The molecule has 38 heavy (non-hydrogen) atoms. The van der Waals surface area contributed by atoms with Crippen LogP contribution in [-0.4, -0.2) is 79.1 Å². The van der Waals surface area contributed by atoms with Gasteiger partial charge >= 0.3 is 0 Å². The van der Waals surface area contributed by atoms with E-state index in [-0.39, 0.29) is 22.1 Å². The summed E-state index contributed by atoms with van der Waals surface area (Å²) in [5, 5.41) is 52.4. The zero-order valence-electron chi connectivity index (χ0n) is 19.5. The molecule has 1 saturated carbocycles. The van der Waals surface area contributed by atoms with E-state index in [2.05, 4.69) is 31.3 Å². The Hall–Kier alpha value is -3.54. The summed E-state index contributed by atoms with van der Waals surface area (Å²) in [4.78, 5) is 7.97. The summed E-state index contributed by atoms with van der Waals surface area (Å²) in [6, 6.07) is 7.73. The zero-order valence-corrected chi connectivity index (χ0v) is 21.1. The number of nitrogens with two attached hydrogens (primary N) is 2. The highest BCUT2D eigenvalue weighted by Crippen LogP contribution is 2.26. The van der Waals surface area contributed by atoms with Crippen LogP contribution in [0.25, 0.3) is 0 Å². The van der Waals surface area contributed by atoms with Gasteiger partial charge in [-0.15, -0.1) is 0 Å². The van der Waals surface area contributed by atoms with Gasteiger partial charge in [-0.05, 0) is 73.0 Å². The van der Waals surface area contributed by atoms with Gasteiger partial charge in [0.2, 0.25) is 0 Å². The Morgan fingerprint density at radius 2 is 0.974 bits per heavy atom. The van der Waals surface area contributed by atoms with Crippen molar-refractivity contribution in [3.05, 3.63) is 60.2 Å². The van der Waals surface area contributed by atoms with Crippen molar-refractivity contribution in [2.24, 2.45) is 21.5 Å². The molecule has 12 nitrogen and oxygen atoms in total. The number of thiocarbonyl (C=S) groups is 2. The van der Waals surface area contributed by atoms with Gasteiger partial charge in [-0.2, -0.15) is 0 Å². The number of hydrogen-bond donors (Lipinski definition) is 10. The molecule has 0 aliphatic heterocycles. The standard InChI is InChI=1S/C22H26F2N8O4S2/c23-9-1-5-11(6-2-9)27-21(37)31-19(25)29-13-15(33)14(17(35)18(36)16(13)34)30-20(26)32-22(38)28-12-7-3-10(24)4-8-12/h1-8,13-18,33-36H,(H4,25,27,29,31,37)(H4,26,28,30,32,38). The van der Waals surface area contributed by atoms with Crippen LogP contribution >= 0.6 is 24.4 Å². The number of hydrogen-bond acceptors (Lipinski definition) is 8. The van der Waals surface area contributed by atoms with Gasteiger partial charge in [-0.1, -0.05) is 0 Å². The molecule has 204 valence electrons. The Morgan fingerprint density at radius 1 is 0.632 bits per heavy atom. The number of aliphatic hydroxyl groups excluding tert-OH is 4. The summed E-state index contributed by atoms with van der Waals surface area (Å²) in [5.41, 5.74) is 12.6. The minimum Gasteiger partial charge on any atom is -0.388 e. The molecule has 1 aliphatic rings. The molecular weight excluding hydrogens is 542 g/mol. The monoisotopic (exact) mass is 568 g/mol. The highest BCUT2D eigenvalue weighted by Gasteiger charge is 2.49. The minimum absolute atomic E-state index is 0.0246. The number of guanidine groups is 2. The van der Waals surface area contributed by atoms with Crippen LogP contribution in [0.4, 0.5) is 20.2 Å². The van der Waals surface area contributed by atoms with Crippen LogP contribution < -0.4 is 32.7 Å². The second kappa shape index (κ2) is 12.8. The maximum absolute atomic E-state index is 13.1. The zero-order chi connectivity index (χ0) is 28.0. The Kier molecular flexibility index (Phi) is 9.78. The molecule has 0 heterocycles. The summed E-state index contributed by atoms with van der Waals surface area (Å²) in [6.45, 7) is 0. The summed E-state index contributed by atoms with van der Waals surface area (Å²) in [6.07, 6.45) is -6.86. The van der Waals surface area contributed by atoms with Crippen molar-refractivity contribution in [1.82, 2.24) is 10.6 Å². The third-order valence-corrected chi connectivity index (χ3v) is 5.77. The summed E-state index contributed by atoms with van der Waals surface area (Å²) >= 11 is 10.2. The van der Waals surface area contributed by atoms with E-state index in [1.165, 1.54) is 48.5 Å². The Balaban J connectivity index is 1.67. The molecule has 0 saturated heterocycles. The van der Waals surface area contributed by atoms with Crippen LogP contribution in [0.15, 0.2) is 58.5 Å². The molecule has 0 radical (unpaired) electrons. The van der Waals surface area contributed by atoms with Crippen molar-refractivity contribution < 1.29 is 29.2 Å². The average Bonchev–Trinajstić information content (AvgIpc) is 2.86. The molecule has 0 aromatic heterocycles. The molecule has 1 fully saturated rings. The number of halogens is 2. The Morgan fingerprint density at radius 3 is 1.32 bits per heavy atom. The first-order valence-electron chi connectivity index (χ1n) is 11.0. The normalized spacial score (nSPS) is 25.8. The first kappa shape index (κ1) is 29.0. The highest BCUT2D eigenvalue weighted by molar-refractivity contribution is 7.80. The van der Waals surface area contributed by atoms with Crippen LogP contribution in [0.3, 0.4) is 0 Å². The van der Waals surface area contributed by atoms with Crippen molar-refractivity contribution in [3.8, 4) is 0 Å². The highest BCUT2D eigenvalue weighted by atomic mass is 32.1. The lowest BCUT2D eigenvalue weighted by Crippen LogP contribution is -2.63. The van der Waals surface area contributed by atoms with Crippen molar-refractivity contribution in [2.75, 3.05) is 10.6 Å². The smallest absolute Gasteiger partial charge is 0.195 e. The van der Waals surface area contributed by atoms with E-state index in [1.54, 1.807) is 0 Å².